The number of hydrogen-bond donors (Lipinski definition) is 1. The maximum absolute atomic E-state index is 12.6. The second kappa shape index (κ2) is 5.36. The van der Waals surface area contributed by atoms with E-state index in [0.717, 1.165) is 51.9 Å². The Morgan fingerprint density at radius 2 is 2.18 bits per heavy atom. The third kappa shape index (κ3) is 2.63. The Bertz CT molecular complexity index is 269. The Balaban J connectivity index is 2.03. The van der Waals surface area contributed by atoms with Crippen molar-refractivity contribution in [3.05, 3.63) is 0 Å². The van der Waals surface area contributed by atoms with Crippen LogP contribution in [0, 0.1) is 0 Å². The summed E-state index contributed by atoms with van der Waals surface area (Å²) in [6.45, 7) is 7.58. The summed E-state index contributed by atoms with van der Waals surface area (Å²) in [6.07, 6.45) is 4.00. The fourth-order valence-electron chi connectivity index (χ4n) is 2.94. The van der Waals surface area contributed by atoms with Crippen LogP contribution < -0.4 is 5.32 Å². The van der Waals surface area contributed by atoms with Crippen LogP contribution in [0.3, 0.4) is 0 Å². The molecule has 2 heterocycles. The molecule has 0 aromatic heterocycles. The van der Waals surface area contributed by atoms with E-state index in [-0.39, 0.29) is 5.91 Å². The van der Waals surface area contributed by atoms with Gasteiger partial charge in [0.25, 0.3) is 5.91 Å². The van der Waals surface area contributed by atoms with Crippen molar-refractivity contribution in [2.75, 3.05) is 26.2 Å². The average molecular weight is 240 g/mol. The predicted octanol–water partition coefficient (Wildman–Crippen LogP) is 1.16. The third-order valence-corrected chi connectivity index (χ3v) is 4.02. The lowest BCUT2D eigenvalue weighted by Gasteiger charge is -2.38. The van der Waals surface area contributed by atoms with Crippen LogP contribution >= 0.6 is 0 Å². The minimum atomic E-state index is -0.555. The first-order valence-electron chi connectivity index (χ1n) is 6.83. The van der Waals surface area contributed by atoms with Gasteiger partial charge in [-0.3, -0.25) is 4.79 Å². The van der Waals surface area contributed by atoms with Gasteiger partial charge in [-0.1, -0.05) is 0 Å². The molecule has 0 saturated carbocycles. The van der Waals surface area contributed by atoms with E-state index < -0.39 is 5.60 Å². The molecule has 2 rings (SSSR count). The van der Waals surface area contributed by atoms with Crippen LogP contribution in [0.15, 0.2) is 0 Å². The molecule has 98 valence electrons. The number of carbonyl (C=O) groups is 1. The number of nitrogens with one attached hydrogen (secondary N) is 1. The summed E-state index contributed by atoms with van der Waals surface area (Å²) in [4.78, 5) is 14.6. The van der Waals surface area contributed by atoms with Crippen molar-refractivity contribution in [1.82, 2.24) is 10.2 Å². The number of piperidine rings is 1. The first kappa shape index (κ1) is 12.8. The lowest BCUT2D eigenvalue weighted by molar-refractivity contribution is -0.153. The summed E-state index contributed by atoms with van der Waals surface area (Å²) >= 11 is 0. The van der Waals surface area contributed by atoms with E-state index in [4.69, 9.17) is 4.74 Å². The van der Waals surface area contributed by atoms with Crippen molar-refractivity contribution in [3.63, 3.8) is 0 Å². The molecular formula is C13H24N2O2. The number of ether oxygens (including phenoxy) is 1. The Labute approximate surface area is 104 Å². The number of amides is 1. The summed E-state index contributed by atoms with van der Waals surface area (Å²) in [7, 11) is 0. The van der Waals surface area contributed by atoms with Gasteiger partial charge in [-0.05, 0) is 52.6 Å². The Morgan fingerprint density at radius 1 is 1.47 bits per heavy atom. The Kier molecular flexibility index (Phi) is 4.05. The van der Waals surface area contributed by atoms with Crippen LogP contribution in [0.5, 0.6) is 0 Å². The fourth-order valence-corrected chi connectivity index (χ4v) is 2.94. The largest absolute Gasteiger partial charge is 0.365 e. The highest BCUT2D eigenvalue weighted by Gasteiger charge is 2.42. The van der Waals surface area contributed by atoms with E-state index in [1.807, 2.05) is 11.8 Å². The third-order valence-electron chi connectivity index (χ3n) is 4.02. The van der Waals surface area contributed by atoms with E-state index in [1.165, 1.54) is 0 Å². The lowest BCUT2D eigenvalue weighted by atomic mass is 9.97. The Morgan fingerprint density at radius 3 is 2.71 bits per heavy atom. The summed E-state index contributed by atoms with van der Waals surface area (Å²) in [6, 6.07) is 0.398. The molecule has 2 saturated heterocycles. The first-order chi connectivity index (χ1) is 8.17. The van der Waals surface area contributed by atoms with Crippen molar-refractivity contribution in [2.45, 2.75) is 51.2 Å². The van der Waals surface area contributed by atoms with Crippen molar-refractivity contribution < 1.29 is 9.53 Å². The van der Waals surface area contributed by atoms with Gasteiger partial charge in [0.1, 0.15) is 5.60 Å². The van der Waals surface area contributed by atoms with Gasteiger partial charge in [-0.15, -0.1) is 0 Å². The standard InChI is InChI=1S/C13H24N2O2/c1-3-15(11-5-8-14-9-6-11)12(16)13(2)7-4-10-17-13/h11,14H,3-10H2,1-2H3. The van der Waals surface area contributed by atoms with E-state index in [0.29, 0.717) is 6.04 Å². The molecule has 2 fully saturated rings. The number of nitrogens with zero attached hydrogens (tertiary/aromatic N) is 1. The zero-order chi connectivity index (χ0) is 12.3. The molecule has 0 aliphatic carbocycles. The molecule has 1 unspecified atom stereocenters. The summed E-state index contributed by atoms with van der Waals surface area (Å²) in [5.74, 6) is 0.199. The van der Waals surface area contributed by atoms with Crippen LogP contribution in [0.2, 0.25) is 0 Å². The minimum Gasteiger partial charge on any atom is -0.365 e. The number of carbonyl (C=O) groups excluding carboxylic acids is 1. The zero-order valence-corrected chi connectivity index (χ0v) is 11.0. The SMILES string of the molecule is CCN(C(=O)C1(C)CCCO1)C1CCNCC1. The van der Waals surface area contributed by atoms with E-state index in [2.05, 4.69) is 12.2 Å². The quantitative estimate of drug-likeness (QED) is 0.805. The van der Waals surface area contributed by atoms with Crippen LogP contribution in [0.1, 0.15) is 39.5 Å². The van der Waals surface area contributed by atoms with Gasteiger partial charge in [-0.2, -0.15) is 0 Å². The normalized spacial score (nSPS) is 30.5. The average Bonchev–Trinajstić information content (AvgIpc) is 2.80. The summed E-state index contributed by atoms with van der Waals surface area (Å²) in [5, 5.41) is 3.34. The van der Waals surface area contributed by atoms with Crippen LogP contribution in [0.4, 0.5) is 0 Å². The van der Waals surface area contributed by atoms with Crippen LogP contribution in [0.25, 0.3) is 0 Å². The zero-order valence-electron chi connectivity index (χ0n) is 11.0. The molecular weight excluding hydrogens is 216 g/mol. The van der Waals surface area contributed by atoms with Gasteiger partial charge >= 0.3 is 0 Å². The summed E-state index contributed by atoms with van der Waals surface area (Å²) in [5.41, 5.74) is -0.555. The highest BCUT2D eigenvalue weighted by atomic mass is 16.5. The van der Waals surface area contributed by atoms with E-state index in [1.54, 1.807) is 0 Å². The lowest BCUT2D eigenvalue weighted by Crippen LogP contribution is -2.53. The molecule has 4 nitrogen and oxygen atoms in total. The van der Waals surface area contributed by atoms with Crippen molar-refractivity contribution >= 4 is 5.91 Å². The maximum atomic E-state index is 12.6. The first-order valence-corrected chi connectivity index (χ1v) is 6.83. The minimum absolute atomic E-state index is 0.199. The maximum Gasteiger partial charge on any atom is 0.254 e. The van der Waals surface area contributed by atoms with E-state index >= 15 is 0 Å². The smallest absolute Gasteiger partial charge is 0.254 e. The molecule has 1 N–H and O–H groups in total. The molecule has 0 spiro atoms. The predicted molar refractivity (Wildman–Crippen MR) is 66.9 cm³/mol. The Hall–Kier alpha value is -0.610. The molecule has 1 atom stereocenters. The number of hydrogen-bond acceptors (Lipinski definition) is 3. The van der Waals surface area contributed by atoms with E-state index in [9.17, 15) is 4.79 Å². The van der Waals surface area contributed by atoms with Gasteiger partial charge in [0.05, 0.1) is 0 Å². The molecule has 0 bridgehead atoms. The second-order valence-electron chi connectivity index (χ2n) is 5.26. The van der Waals surface area contributed by atoms with Crippen LogP contribution in [-0.4, -0.2) is 48.7 Å². The molecule has 4 heteroatoms. The highest BCUT2D eigenvalue weighted by Crippen LogP contribution is 2.29. The molecule has 1 amide bonds. The van der Waals surface area contributed by atoms with Gasteiger partial charge in [0.15, 0.2) is 0 Å². The van der Waals surface area contributed by atoms with Gasteiger partial charge < -0.3 is 15.0 Å². The van der Waals surface area contributed by atoms with Crippen LogP contribution in [-0.2, 0) is 9.53 Å². The number of rotatable bonds is 3. The highest BCUT2D eigenvalue weighted by molar-refractivity contribution is 5.85. The van der Waals surface area contributed by atoms with Crippen molar-refractivity contribution in [1.29, 1.82) is 0 Å². The summed E-state index contributed by atoms with van der Waals surface area (Å²) < 4.78 is 5.67. The molecule has 2 aliphatic heterocycles. The molecule has 0 aromatic carbocycles. The second-order valence-corrected chi connectivity index (χ2v) is 5.26. The van der Waals surface area contributed by atoms with Crippen molar-refractivity contribution in [2.24, 2.45) is 0 Å². The molecule has 17 heavy (non-hydrogen) atoms. The monoisotopic (exact) mass is 240 g/mol. The molecule has 0 radical (unpaired) electrons. The van der Waals surface area contributed by atoms with Gasteiger partial charge in [0, 0.05) is 19.2 Å². The molecule has 2 aliphatic rings. The van der Waals surface area contributed by atoms with Gasteiger partial charge in [-0.25, -0.2) is 0 Å². The van der Waals surface area contributed by atoms with Gasteiger partial charge in [0.2, 0.25) is 0 Å². The topological polar surface area (TPSA) is 41.6 Å². The van der Waals surface area contributed by atoms with Crippen molar-refractivity contribution in [3.8, 4) is 0 Å². The number of likely N-dealkylation sites (N-methyl/N-ethyl adjacent to an activating group) is 1. The fraction of sp³-hybridized carbons (Fsp3) is 0.923. The molecule has 0 aromatic rings.